The molecular formula is C14H9ClN4O3S. The minimum atomic E-state index is -0.573. The molecule has 0 atom stereocenters. The summed E-state index contributed by atoms with van der Waals surface area (Å²) in [6.45, 7) is 1.67. The van der Waals surface area contributed by atoms with Crippen molar-refractivity contribution in [2.24, 2.45) is 5.10 Å². The zero-order valence-corrected chi connectivity index (χ0v) is 13.3. The number of nitrogens with zero attached hydrogens (tertiary/aromatic N) is 4. The molecule has 2 aromatic heterocycles. The zero-order chi connectivity index (χ0) is 16.6. The van der Waals surface area contributed by atoms with Crippen LogP contribution in [-0.2, 0) is 0 Å². The van der Waals surface area contributed by atoms with Crippen LogP contribution in [0.15, 0.2) is 39.5 Å². The number of fused-ring (bicyclic) bond motifs is 1. The molecule has 0 aliphatic carbocycles. The van der Waals surface area contributed by atoms with Gasteiger partial charge in [0.25, 0.3) is 11.2 Å². The molecule has 0 fully saturated rings. The molecule has 9 heteroatoms. The van der Waals surface area contributed by atoms with E-state index in [1.165, 1.54) is 29.7 Å². The van der Waals surface area contributed by atoms with Crippen LogP contribution in [0.25, 0.3) is 10.2 Å². The number of benzene rings is 1. The van der Waals surface area contributed by atoms with Gasteiger partial charge in [-0.2, -0.15) is 9.78 Å². The zero-order valence-electron chi connectivity index (χ0n) is 11.8. The first kappa shape index (κ1) is 15.3. The molecule has 7 nitrogen and oxygen atoms in total. The van der Waals surface area contributed by atoms with Crippen LogP contribution in [0.5, 0.6) is 0 Å². The molecule has 0 saturated carbocycles. The van der Waals surface area contributed by atoms with Crippen molar-refractivity contribution in [2.45, 2.75) is 6.92 Å². The Kier molecular flexibility index (Phi) is 3.93. The van der Waals surface area contributed by atoms with Crippen LogP contribution >= 0.6 is 22.9 Å². The first-order chi connectivity index (χ1) is 11.0. The standard InChI is InChI=1S/C14H9ClN4O3S/c1-8-17-13-10(4-5-23-13)14(20)18(8)16-7-9-2-3-11(15)12(6-9)19(21)22/h2-7H,1H3/b16-7-. The highest BCUT2D eigenvalue weighted by molar-refractivity contribution is 7.16. The van der Waals surface area contributed by atoms with Crippen LogP contribution in [-0.4, -0.2) is 20.8 Å². The summed E-state index contributed by atoms with van der Waals surface area (Å²) in [5.41, 5.74) is -0.0441. The van der Waals surface area contributed by atoms with E-state index < -0.39 is 4.92 Å². The molecular weight excluding hydrogens is 340 g/mol. The summed E-state index contributed by atoms with van der Waals surface area (Å²) in [7, 11) is 0. The van der Waals surface area contributed by atoms with E-state index in [9.17, 15) is 14.9 Å². The monoisotopic (exact) mass is 348 g/mol. The molecule has 0 aliphatic rings. The maximum Gasteiger partial charge on any atom is 0.288 e. The molecule has 3 aromatic rings. The van der Waals surface area contributed by atoms with Gasteiger partial charge in [0, 0.05) is 11.6 Å². The highest BCUT2D eigenvalue weighted by atomic mass is 35.5. The van der Waals surface area contributed by atoms with E-state index in [0.717, 1.165) is 4.68 Å². The van der Waals surface area contributed by atoms with Crippen LogP contribution in [0.3, 0.4) is 0 Å². The Morgan fingerprint density at radius 1 is 1.43 bits per heavy atom. The van der Waals surface area contributed by atoms with Gasteiger partial charge in [-0.1, -0.05) is 17.7 Å². The van der Waals surface area contributed by atoms with Gasteiger partial charge in [0.05, 0.1) is 16.5 Å². The van der Waals surface area contributed by atoms with Gasteiger partial charge in [0.15, 0.2) is 0 Å². The fourth-order valence-electron chi connectivity index (χ4n) is 2.02. The van der Waals surface area contributed by atoms with Crippen LogP contribution in [0.1, 0.15) is 11.4 Å². The van der Waals surface area contributed by atoms with Gasteiger partial charge < -0.3 is 0 Å². The van der Waals surface area contributed by atoms with E-state index in [4.69, 9.17) is 11.6 Å². The molecule has 116 valence electrons. The number of thiophene rings is 1. The molecule has 23 heavy (non-hydrogen) atoms. The molecule has 1 aromatic carbocycles. The Labute approximate surface area is 138 Å². The molecule has 0 N–H and O–H groups in total. The molecule has 0 amide bonds. The van der Waals surface area contributed by atoms with Crippen molar-refractivity contribution < 1.29 is 4.92 Å². The summed E-state index contributed by atoms with van der Waals surface area (Å²) in [6, 6.07) is 5.98. The first-order valence-electron chi connectivity index (χ1n) is 6.42. The van der Waals surface area contributed by atoms with Gasteiger partial charge in [0.1, 0.15) is 15.7 Å². The highest BCUT2D eigenvalue weighted by Gasteiger charge is 2.12. The fourth-order valence-corrected chi connectivity index (χ4v) is 3.00. The van der Waals surface area contributed by atoms with Gasteiger partial charge in [-0.15, -0.1) is 11.3 Å². The lowest BCUT2D eigenvalue weighted by atomic mass is 10.2. The summed E-state index contributed by atoms with van der Waals surface area (Å²) in [6.07, 6.45) is 1.36. The smallest absolute Gasteiger partial charge is 0.267 e. The Balaban J connectivity index is 2.05. The first-order valence-corrected chi connectivity index (χ1v) is 7.68. The van der Waals surface area contributed by atoms with Gasteiger partial charge in [0.2, 0.25) is 0 Å². The lowest BCUT2D eigenvalue weighted by Gasteiger charge is -2.03. The number of halogens is 1. The van der Waals surface area contributed by atoms with Crippen LogP contribution in [0, 0.1) is 17.0 Å². The number of hydrogen-bond acceptors (Lipinski definition) is 6. The summed E-state index contributed by atoms with van der Waals surface area (Å²) in [5.74, 6) is 0.435. The number of aromatic nitrogens is 2. The maximum absolute atomic E-state index is 12.3. The van der Waals surface area contributed by atoms with Crippen molar-refractivity contribution in [1.29, 1.82) is 0 Å². The average molecular weight is 349 g/mol. The molecule has 0 radical (unpaired) electrons. The molecule has 0 saturated heterocycles. The summed E-state index contributed by atoms with van der Waals surface area (Å²) in [4.78, 5) is 27.6. The number of nitro benzene ring substituents is 1. The van der Waals surface area contributed by atoms with E-state index in [0.29, 0.717) is 21.6 Å². The Hall–Kier alpha value is -2.58. The van der Waals surface area contributed by atoms with Crippen LogP contribution < -0.4 is 5.56 Å². The van der Waals surface area contributed by atoms with Gasteiger partial charge in [-0.05, 0) is 24.4 Å². The maximum atomic E-state index is 12.3. The second-order valence-electron chi connectivity index (χ2n) is 4.63. The third kappa shape index (κ3) is 2.86. The predicted molar refractivity (Wildman–Crippen MR) is 89.7 cm³/mol. The van der Waals surface area contributed by atoms with Crippen molar-refractivity contribution >= 4 is 45.1 Å². The van der Waals surface area contributed by atoms with Crippen LogP contribution in [0.4, 0.5) is 5.69 Å². The third-order valence-corrected chi connectivity index (χ3v) is 4.25. The van der Waals surface area contributed by atoms with Crippen molar-refractivity contribution in [2.75, 3.05) is 0 Å². The molecule has 3 rings (SSSR count). The minimum absolute atomic E-state index is 0.0434. The minimum Gasteiger partial charge on any atom is -0.267 e. The van der Waals surface area contributed by atoms with E-state index >= 15 is 0 Å². The Morgan fingerprint density at radius 3 is 2.96 bits per heavy atom. The van der Waals surface area contributed by atoms with Gasteiger partial charge in [-0.3, -0.25) is 14.9 Å². The van der Waals surface area contributed by atoms with E-state index in [-0.39, 0.29) is 16.3 Å². The predicted octanol–water partition coefficient (Wildman–Crippen LogP) is 3.21. The number of hydrogen-bond donors (Lipinski definition) is 0. The third-order valence-electron chi connectivity index (χ3n) is 3.13. The molecule has 0 spiro atoms. The highest BCUT2D eigenvalue weighted by Crippen LogP contribution is 2.24. The number of nitro groups is 1. The Morgan fingerprint density at radius 2 is 2.22 bits per heavy atom. The second kappa shape index (κ2) is 5.90. The lowest BCUT2D eigenvalue weighted by Crippen LogP contribution is -2.19. The van der Waals surface area contributed by atoms with Gasteiger partial charge in [-0.25, -0.2) is 4.98 Å². The molecule has 2 heterocycles. The summed E-state index contributed by atoms with van der Waals surface area (Å²) in [5, 5.41) is 17.3. The Bertz CT molecular complexity index is 1010. The normalized spacial score (nSPS) is 11.4. The van der Waals surface area contributed by atoms with Crippen molar-refractivity contribution in [3.05, 3.63) is 66.5 Å². The number of aryl methyl sites for hydroxylation is 1. The van der Waals surface area contributed by atoms with Crippen LogP contribution in [0.2, 0.25) is 5.02 Å². The van der Waals surface area contributed by atoms with Crippen molar-refractivity contribution in [1.82, 2.24) is 9.66 Å². The molecule has 0 aliphatic heterocycles. The molecule has 0 bridgehead atoms. The SMILES string of the molecule is Cc1nc2sccc2c(=O)n1/N=C\c1ccc(Cl)c([N+](=O)[O-])c1. The largest absolute Gasteiger partial charge is 0.288 e. The van der Waals surface area contributed by atoms with Crippen molar-refractivity contribution in [3.8, 4) is 0 Å². The van der Waals surface area contributed by atoms with Gasteiger partial charge >= 0.3 is 0 Å². The van der Waals surface area contributed by atoms with Crippen molar-refractivity contribution in [3.63, 3.8) is 0 Å². The average Bonchev–Trinajstić information content (AvgIpc) is 2.96. The topological polar surface area (TPSA) is 90.4 Å². The summed E-state index contributed by atoms with van der Waals surface area (Å²) < 4.78 is 1.16. The van der Waals surface area contributed by atoms with E-state index in [1.807, 2.05) is 0 Å². The fraction of sp³-hybridized carbons (Fsp3) is 0.0714. The quantitative estimate of drug-likeness (QED) is 0.413. The lowest BCUT2D eigenvalue weighted by molar-refractivity contribution is -0.384. The second-order valence-corrected chi connectivity index (χ2v) is 5.93. The summed E-state index contributed by atoms with van der Waals surface area (Å²) >= 11 is 7.14. The van der Waals surface area contributed by atoms with E-state index in [2.05, 4.69) is 10.1 Å². The van der Waals surface area contributed by atoms with E-state index in [1.54, 1.807) is 24.4 Å². The number of rotatable bonds is 3. The molecule has 0 unspecified atom stereocenters.